The molecule has 3 unspecified atom stereocenters. The quantitative estimate of drug-likeness (QED) is 0.443. The van der Waals surface area contributed by atoms with Crippen molar-refractivity contribution in [1.29, 1.82) is 0 Å². The first-order valence-electron chi connectivity index (χ1n) is 13.0. The van der Waals surface area contributed by atoms with Gasteiger partial charge in [-0.2, -0.15) is 13.2 Å². The Morgan fingerprint density at radius 2 is 2.05 bits per heavy atom. The number of pyridine rings is 1. The summed E-state index contributed by atoms with van der Waals surface area (Å²) in [6.45, 7) is -1.23. The number of fused-ring (bicyclic) bond motifs is 3. The number of ether oxygens (including phenoxy) is 2. The molecule has 2 fully saturated rings. The largest absolute Gasteiger partial charge is 0.486 e. The molecule has 2 bridgehead atoms. The molecule has 2 aromatic rings. The van der Waals surface area contributed by atoms with Gasteiger partial charge in [0.2, 0.25) is 5.88 Å². The van der Waals surface area contributed by atoms with E-state index < -0.39 is 51.2 Å². The Hall–Kier alpha value is -3.32. The van der Waals surface area contributed by atoms with Gasteiger partial charge in [0.05, 0.1) is 24.4 Å². The van der Waals surface area contributed by atoms with Crippen LogP contribution in [0.15, 0.2) is 40.9 Å². The predicted octanol–water partition coefficient (Wildman–Crippen LogP) is 4.50. The van der Waals surface area contributed by atoms with Crippen LogP contribution in [0.25, 0.3) is 6.08 Å². The minimum Gasteiger partial charge on any atom is -0.486 e. The summed E-state index contributed by atoms with van der Waals surface area (Å²) in [5, 5.41) is 18.3. The number of carbonyl (C=O) groups is 1. The molecule has 5 rings (SSSR count). The first-order valence-corrected chi connectivity index (χ1v) is 14.5. The van der Waals surface area contributed by atoms with Crippen molar-refractivity contribution in [3.63, 3.8) is 0 Å². The molecule has 3 atom stereocenters. The van der Waals surface area contributed by atoms with Crippen LogP contribution in [0.5, 0.6) is 11.6 Å². The molecular weight excluding hydrogens is 553 g/mol. The van der Waals surface area contributed by atoms with Gasteiger partial charge in [-0.05, 0) is 67.7 Å². The smallest absolute Gasteiger partial charge is 0.417 e. The van der Waals surface area contributed by atoms with Crippen molar-refractivity contribution in [1.82, 2.24) is 4.98 Å². The summed E-state index contributed by atoms with van der Waals surface area (Å²) in [5.41, 5.74) is 0.860. The van der Waals surface area contributed by atoms with Crippen molar-refractivity contribution in [3.8, 4) is 11.6 Å². The zero-order valence-corrected chi connectivity index (χ0v) is 22.2. The number of allylic oxidation sites excluding steroid dienone is 1. The van der Waals surface area contributed by atoms with Gasteiger partial charge in [-0.25, -0.2) is 13.4 Å². The number of aliphatic hydroxyl groups excluding tert-OH is 1. The van der Waals surface area contributed by atoms with E-state index in [1.807, 2.05) is 6.08 Å². The fourth-order valence-electron chi connectivity index (χ4n) is 5.71. The number of anilines is 1. The first-order chi connectivity index (χ1) is 19.0. The standard InChI is InChI=1S/C27H29F3N2O7S/c28-27(29,30)20-13-24(26(31-14-20)38-8-7-33)40(36,37)32-15-21(4-6-25(34)35)39-23-5-2-17(12-22(23)32)11-19-10-16-1-3-18(19)9-16/h2,5,11-14,16,18,21,33H,1,3-4,6-10,15H2,(H,34,35). The van der Waals surface area contributed by atoms with E-state index in [4.69, 9.17) is 19.7 Å². The van der Waals surface area contributed by atoms with Crippen molar-refractivity contribution in [2.24, 2.45) is 11.8 Å². The minimum absolute atomic E-state index is 0.0234. The van der Waals surface area contributed by atoms with Gasteiger partial charge in [-0.1, -0.05) is 17.7 Å². The van der Waals surface area contributed by atoms with Gasteiger partial charge in [0.25, 0.3) is 10.0 Å². The monoisotopic (exact) mass is 582 g/mol. The molecule has 1 aliphatic heterocycles. The lowest BCUT2D eigenvalue weighted by Crippen LogP contribution is -2.44. The summed E-state index contributed by atoms with van der Waals surface area (Å²) < 4.78 is 80.9. The maximum absolute atomic E-state index is 14.0. The molecule has 216 valence electrons. The van der Waals surface area contributed by atoms with Crippen LogP contribution in [0.3, 0.4) is 0 Å². The number of carboxylic acids is 1. The number of alkyl halides is 3. The van der Waals surface area contributed by atoms with Gasteiger partial charge in [-0.3, -0.25) is 9.10 Å². The summed E-state index contributed by atoms with van der Waals surface area (Å²) in [5.74, 6) is -0.358. The summed E-state index contributed by atoms with van der Waals surface area (Å²) in [4.78, 5) is 14.0. The highest BCUT2D eigenvalue weighted by molar-refractivity contribution is 7.93. The molecular formula is C27H29F3N2O7S. The Morgan fingerprint density at radius 1 is 1.25 bits per heavy atom. The second-order valence-electron chi connectivity index (χ2n) is 10.3. The van der Waals surface area contributed by atoms with Crippen molar-refractivity contribution in [2.45, 2.75) is 55.7 Å². The van der Waals surface area contributed by atoms with Crippen molar-refractivity contribution < 1.29 is 46.1 Å². The summed E-state index contributed by atoms with van der Waals surface area (Å²) >= 11 is 0. The maximum Gasteiger partial charge on any atom is 0.417 e. The lowest BCUT2D eigenvalue weighted by molar-refractivity contribution is -0.138. The lowest BCUT2D eigenvalue weighted by atomic mass is 9.93. The zero-order valence-electron chi connectivity index (χ0n) is 21.4. The maximum atomic E-state index is 14.0. The van der Waals surface area contributed by atoms with Gasteiger partial charge in [0.1, 0.15) is 18.5 Å². The van der Waals surface area contributed by atoms with Gasteiger partial charge < -0.3 is 19.7 Å². The number of aliphatic hydroxyl groups is 1. The Labute approximate surface area is 229 Å². The number of sulfonamides is 1. The third kappa shape index (κ3) is 5.75. The topological polar surface area (TPSA) is 126 Å². The first kappa shape index (κ1) is 28.2. The molecule has 1 aromatic heterocycles. The van der Waals surface area contributed by atoms with Crippen LogP contribution in [0.2, 0.25) is 0 Å². The number of hydrogen-bond acceptors (Lipinski definition) is 7. The molecule has 9 nitrogen and oxygen atoms in total. The lowest BCUT2D eigenvalue weighted by Gasteiger charge is -2.36. The fourth-order valence-corrected chi connectivity index (χ4v) is 7.32. The van der Waals surface area contributed by atoms with Gasteiger partial charge >= 0.3 is 12.1 Å². The Kier molecular flexibility index (Phi) is 7.71. The van der Waals surface area contributed by atoms with Crippen LogP contribution in [0, 0.1) is 11.8 Å². The number of carboxylic acid groups (broad SMARTS) is 1. The molecule has 2 aliphatic carbocycles. The minimum atomic E-state index is -4.88. The molecule has 0 radical (unpaired) electrons. The average molecular weight is 583 g/mol. The average Bonchev–Trinajstić information content (AvgIpc) is 3.53. The number of nitrogens with zero attached hydrogens (tertiary/aromatic N) is 2. The highest BCUT2D eigenvalue weighted by Crippen LogP contribution is 2.49. The van der Waals surface area contributed by atoms with Crippen molar-refractivity contribution in [3.05, 3.63) is 47.2 Å². The number of halogens is 3. The van der Waals surface area contributed by atoms with Crippen LogP contribution >= 0.6 is 0 Å². The molecule has 40 heavy (non-hydrogen) atoms. The zero-order chi connectivity index (χ0) is 28.7. The molecule has 2 saturated carbocycles. The van der Waals surface area contributed by atoms with Gasteiger partial charge in [-0.15, -0.1) is 0 Å². The van der Waals surface area contributed by atoms with Crippen LogP contribution in [-0.4, -0.2) is 55.4 Å². The number of rotatable bonds is 9. The summed E-state index contributed by atoms with van der Waals surface area (Å²) in [6, 6.07) is 5.45. The number of hydrogen-bond donors (Lipinski definition) is 2. The van der Waals surface area contributed by atoms with E-state index in [0.717, 1.165) is 29.1 Å². The molecule has 2 N–H and O–H groups in total. The number of aliphatic carboxylic acids is 1. The van der Waals surface area contributed by atoms with E-state index >= 15 is 0 Å². The van der Waals surface area contributed by atoms with Crippen LogP contribution in [0.4, 0.5) is 18.9 Å². The van der Waals surface area contributed by atoms with Gasteiger partial charge in [0.15, 0.2) is 4.90 Å². The molecule has 2 heterocycles. The van der Waals surface area contributed by atoms with Crippen LogP contribution in [-0.2, 0) is 21.0 Å². The van der Waals surface area contributed by atoms with E-state index in [2.05, 4.69) is 4.98 Å². The van der Waals surface area contributed by atoms with E-state index in [0.29, 0.717) is 24.1 Å². The van der Waals surface area contributed by atoms with Gasteiger partial charge in [0, 0.05) is 12.6 Å². The van der Waals surface area contributed by atoms with Crippen LogP contribution < -0.4 is 13.8 Å². The molecule has 1 aromatic carbocycles. The van der Waals surface area contributed by atoms with E-state index in [1.165, 1.54) is 12.0 Å². The van der Waals surface area contributed by atoms with E-state index in [1.54, 1.807) is 18.2 Å². The third-order valence-corrected chi connectivity index (χ3v) is 9.36. The second-order valence-corrected chi connectivity index (χ2v) is 12.2. The second kappa shape index (κ2) is 10.9. The molecule has 0 saturated heterocycles. The highest BCUT2D eigenvalue weighted by atomic mass is 32.2. The Balaban J connectivity index is 1.58. The predicted molar refractivity (Wildman–Crippen MR) is 138 cm³/mol. The summed E-state index contributed by atoms with van der Waals surface area (Å²) in [6.07, 6.45) is 0.894. The molecule has 0 spiro atoms. The number of benzene rings is 1. The van der Waals surface area contributed by atoms with Crippen molar-refractivity contribution in [2.75, 3.05) is 24.1 Å². The Bertz CT molecular complexity index is 1430. The van der Waals surface area contributed by atoms with Crippen molar-refractivity contribution >= 4 is 27.8 Å². The highest BCUT2D eigenvalue weighted by Gasteiger charge is 2.40. The van der Waals surface area contributed by atoms with E-state index in [-0.39, 0.29) is 37.4 Å². The summed E-state index contributed by atoms with van der Waals surface area (Å²) in [7, 11) is -4.73. The fraction of sp³-hybridized carbons (Fsp3) is 0.481. The Morgan fingerprint density at radius 3 is 2.70 bits per heavy atom. The third-order valence-electron chi connectivity index (χ3n) is 7.58. The SMILES string of the molecule is O=C(O)CCC1CN(S(=O)(=O)c2cc(C(F)(F)F)cnc2OCCO)c2cc(C=C3CC4CCC3C4)ccc2O1. The molecule has 0 amide bonds. The molecule has 13 heteroatoms. The van der Waals surface area contributed by atoms with E-state index in [9.17, 15) is 26.4 Å². The number of aromatic nitrogens is 1. The molecule has 3 aliphatic rings. The normalized spacial score (nSPS) is 23.2. The van der Waals surface area contributed by atoms with Crippen LogP contribution in [0.1, 0.15) is 49.7 Å².